The summed E-state index contributed by atoms with van der Waals surface area (Å²) in [5, 5.41) is 14.8. The molecule has 1 aromatic heterocycles. The molecule has 1 saturated heterocycles. The molecule has 0 unspecified atom stereocenters. The molecule has 1 aliphatic heterocycles. The first-order chi connectivity index (χ1) is 8.56. The highest BCUT2D eigenvalue weighted by Crippen LogP contribution is 2.20. The van der Waals surface area contributed by atoms with Crippen LogP contribution in [0.3, 0.4) is 0 Å². The van der Waals surface area contributed by atoms with E-state index < -0.39 is 5.97 Å². The quantitative estimate of drug-likeness (QED) is 0.770. The van der Waals surface area contributed by atoms with Crippen molar-refractivity contribution in [3.63, 3.8) is 0 Å². The fourth-order valence-corrected chi connectivity index (χ4v) is 2.49. The topological polar surface area (TPSA) is 61.2 Å². The fourth-order valence-electron chi connectivity index (χ4n) is 2.49. The molecule has 0 atom stereocenters. The molecule has 2 heterocycles. The number of hydrogen-bond acceptors (Lipinski definition) is 4. The SMILES string of the molecule is Cc1cc(C(=O)[O-])nn1CCC1CCN(C)CC1. The van der Waals surface area contributed by atoms with Gasteiger partial charge in [-0.05, 0) is 58.3 Å². The largest absolute Gasteiger partial charge is 0.543 e. The summed E-state index contributed by atoms with van der Waals surface area (Å²) in [4.78, 5) is 13.1. The van der Waals surface area contributed by atoms with Crippen LogP contribution in [-0.4, -0.2) is 40.8 Å². The first-order valence-electron chi connectivity index (χ1n) is 6.50. The Morgan fingerprint density at radius 2 is 2.17 bits per heavy atom. The first-order valence-corrected chi connectivity index (χ1v) is 6.50. The van der Waals surface area contributed by atoms with E-state index in [0.29, 0.717) is 0 Å². The van der Waals surface area contributed by atoms with Crippen molar-refractivity contribution >= 4 is 5.97 Å². The Morgan fingerprint density at radius 3 is 2.72 bits per heavy atom. The standard InChI is InChI=1S/C13H21N3O2/c1-10-9-12(13(17)18)14-16(10)8-5-11-3-6-15(2)7-4-11/h9,11H,3-8H2,1-2H3,(H,17,18)/p-1. The number of hydrogen-bond donors (Lipinski definition) is 0. The number of aryl methyl sites for hydroxylation is 2. The maximum Gasteiger partial charge on any atom is 0.108 e. The number of carbonyl (C=O) groups excluding carboxylic acids is 1. The predicted octanol–water partition coefficient (Wildman–Crippen LogP) is 0.287. The van der Waals surface area contributed by atoms with E-state index in [1.165, 1.54) is 12.8 Å². The number of carbonyl (C=O) groups is 1. The molecule has 0 saturated carbocycles. The molecule has 0 amide bonds. The van der Waals surface area contributed by atoms with Crippen LogP contribution in [0.5, 0.6) is 0 Å². The van der Waals surface area contributed by atoms with Crippen molar-refractivity contribution in [3.05, 3.63) is 17.5 Å². The number of likely N-dealkylation sites (tertiary alicyclic amines) is 1. The van der Waals surface area contributed by atoms with Crippen molar-refractivity contribution in [2.75, 3.05) is 20.1 Å². The highest BCUT2D eigenvalue weighted by atomic mass is 16.4. The molecule has 18 heavy (non-hydrogen) atoms. The van der Waals surface area contributed by atoms with Crippen molar-refractivity contribution in [1.82, 2.24) is 14.7 Å². The number of aromatic carboxylic acids is 1. The Bertz CT molecular complexity index is 420. The molecule has 1 aliphatic rings. The number of nitrogens with zero attached hydrogens (tertiary/aromatic N) is 3. The summed E-state index contributed by atoms with van der Waals surface area (Å²) < 4.78 is 1.78. The highest BCUT2D eigenvalue weighted by Gasteiger charge is 2.17. The summed E-state index contributed by atoms with van der Waals surface area (Å²) in [5.74, 6) is -0.465. The van der Waals surface area contributed by atoms with Crippen LogP contribution in [0.15, 0.2) is 6.07 Å². The van der Waals surface area contributed by atoms with Crippen LogP contribution >= 0.6 is 0 Å². The summed E-state index contributed by atoms with van der Waals surface area (Å²) in [6.07, 6.45) is 3.52. The second kappa shape index (κ2) is 5.52. The van der Waals surface area contributed by atoms with Crippen molar-refractivity contribution in [2.24, 2.45) is 5.92 Å². The number of carboxylic acids is 1. The molecule has 2 rings (SSSR count). The molecule has 0 bridgehead atoms. The lowest BCUT2D eigenvalue weighted by Gasteiger charge is -2.28. The van der Waals surface area contributed by atoms with Gasteiger partial charge >= 0.3 is 0 Å². The Morgan fingerprint density at radius 1 is 1.50 bits per heavy atom. The van der Waals surface area contributed by atoms with Gasteiger partial charge in [-0.25, -0.2) is 0 Å². The van der Waals surface area contributed by atoms with Gasteiger partial charge < -0.3 is 14.8 Å². The van der Waals surface area contributed by atoms with Gasteiger partial charge in [0.25, 0.3) is 0 Å². The van der Waals surface area contributed by atoms with Crippen molar-refractivity contribution in [1.29, 1.82) is 0 Å². The van der Waals surface area contributed by atoms with Gasteiger partial charge in [-0.15, -0.1) is 0 Å². The summed E-state index contributed by atoms with van der Waals surface area (Å²) in [5.41, 5.74) is 0.929. The summed E-state index contributed by atoms with van der Waals surface area (Å²) in [6, 6.07) is 1.57. The van der Waals surface area contributed by atoms with Gasteiger partial charge in [-0.2, -0.15) is 5.10 Å². The number of rotatable bonds is 4. The van der Waals surface area contributed by atoms with Crippen LogP contribution in [0.2, 0.25) is 0 Å². The number of carboxylic acid groups (broad SMARTS) is 1. The lowest BCUT2D eigenvalue weighted by molar-refractivity contribution is -0.255. The molecular weight excluding hydrogens is 230 g/mol. The maximum absolute atomic E-state index is 10.7. The van der Waals surface area contributed by atoms with Crippen molar-refractivity contribution in [3.8, 4) is 0 Å². The lowest BCUT2D eigenvalue weighted by atomic mass is 9.94. The number of piperidine rings is 1. The minimum atomic E-state index is -1.20. The zero-order chi connectivity index (χ0) is 13.1. The van der Waals surface area contributed by atoms with E-state index in [1.807, 2.05) is 6.92 Å². The Balaban J connectivity index is 1.88. The van der Waals surface area contributed by atoms with Crippen LogP contribution in [-0.2, 0) is 6.54 Å². The average molecular weight is 250 g/mol. The molecule has 100 valence electrons. The van der Waals surface area contributed by atoms with Gasteiger partial charge in [0.2, 0.25) is 0 Å². The third-order valence-corrected chi connectivity index (χ3v) is 3.78. The molecule has 1 aromatic rings. The van der Waals surface area contributed by atoms with E-state index in [2.05, 4.69) is 17.0 Å². The van der Waals surface area contributed by atoms with E-state index in [9.17, 15) is 9.90 Å². The molecule has 0 N–H and O–H groups in total. The van der Waals surface area contributed by atoms with Gasteiger partial charge in [0, 0.05) is 12.2 Å². The van der Waals surface area contributed by atoms with Crippen LogP contribution in [0, 0.1) is 12.8 Å². The molecule has 0 radical (unpaired) electrons. The van der Waals surface area contributed by atoms with E-state index >= 15 is 0 Å². The van der Waals surface area contributed by atoms with E-state index in [1.54, 1.807) is 10.7 Å². The van der Waals surface area contributed by atoms with Crippen molar-refractivity contribution in [2.45, 2.75) is 32.7 Å². The minimum absolute atomic E-state index is 0.0378. The third-order valence-electron chi connectivity index (χ3n) is 3.78. The van der Waals surface area contributed by atoms with Crippen LogP contribution < -0.4 is 5.11 Å². The third kappa shape index (κ3) is 3.10. The van der Waals surface area contributed by atoms with Crippen LogP contribution in [0.1, 0.15) is 35.4 Å². The molecule has 0 aliphatic carbocycles. The van der Waals surface area contributed by atoms with Gasteiger partial charge in [-0.1, -0.05) is 0 Å². The molecule has 5 nitrogen and oxygen atoms in total. The zero-order valence-electron chi connectivity index (χ0n) is 11.1. The van der Waals surface area contributed by atoms with Gasteiger partial charge in [0.15, 0.2) is 0 Å². The fraction of sp³-hybridized carbons (Fsp3) is 0.692. The Kier molecular flexibility index (Phi) is 4.01. The highest BCUT2D eigenvalue weighted by molar-refractivity contribution is 5.83. The smallest absolute Gasteiger partial charge is 0.108 e. The average Bonchev–Trinajstić information content (AvgIpc) is 2.70. The molecule has 1 fully saturated rings. The molecule has 0 spiro atoms. The summed E-state index contributed by atoms with van der Waals surface area (Å²) >= 11 is 0. The Hall–Kier alpha value is -1.36. The second-order valence-corrected chi connectivity index (χ2v) is 5.22. The van der Waals surface area contributed by atoms with E-state index in [4.69, 9.17) is 0 Å². The predicted molar refractivity (Wildman–Crippen MR) is 66.1 cm³/mol. The zero-order valence-corrected chi connectivity index (χ0v) is 11.1. The first kappa shape index (κ1) is 13.1. The van der Waals surface area contributed by atoms with Crippen LogP contribution in [0.25, 0.3) is 0 Å². The second-order valence-electron chi connectivity index (χ2n) is 5.22. The van der Waals surface area contributed by atoms with E-state index in [0.717, 1.165) is 37.7 Å². The van der Waals surface area contributed by atoms with E-state index in [-0.39, 0.29) is 5.69 Å². The molecule has 5 heteroatoms. The maximum atomic E-state index is 10.7. The molecule has 0 aromatic carbocycles. The normalized spacial score (nSPS) is 18.1. The Labute approximate surface area is 107 Å². The summed E-state index contributed by atoms with van der Waals surface area (Å²) in [7, 11) is 2.15. The van der Waals surface area contributed by atoms with Gasteiger partial charge in [0.1, 0.15) is 5.69 Å². The molecular formula is C13H20N3O2-. The van der Waals surface area contributed by atoms with Gasteiger partial charge in [0.05, 0.1) is 5.97 Å². The van der Waals surface area contributed by atoms with Crippen LogP contribution in [0.4, 0.5) is 0 Å². The monoisotopic (exact) mass is 250 g/mol. The summed E-state index contributed by atoms with van der Waals surface area (Å²) in [6.45, 7) is 5.00. The minimum Gasteiger partial charge on any atom is -0.543 e. The number of aromatic nitrogens is 2. The van der Waals surface area contributed by atoms with Crippen molar-refractivity contribution < 1.29 is 9.90 Å². The lowest BCUT2D eigenvalue weighted by Crippen LogP contribution is -2.30. The van der Waals surface area contributed by atoms with Gasteiger partial charge in [-0.3, -0.25) is 4.68 Å².